The number of esters is 1. The number of sulfonamides is 1. The van der Waals surface area contributed by atoms with Gasteiger partial charge in [-0.2, -0.15) is 0 Å². The molecule has 28 heavy (non-hydrogen) atoms. The highest BCUT2D eigenvalue weighted by Gasteiger charge is 2.28. The summed E-state index contributed by atoms with van der Waals surface area (Å²) in [6, 6.07) is 9.26. The summed E-state index contributed by atoms with van der Waals surface area (Å²) in [6.45, 7) is 3.60. The molecular formula is C20H23N3O4S. The summed E-state index contributed by atoms with van der Waals surface area (Å²) < 4.78 is 33.4. The molecule has 148 valence electrons. The Bertz CT molecular complexity index is 1140. The molecule has 0 aliphatic heterocycles. The molecule has 1 aliphatic carbocycles. The van der Waals surface area contributed by atoms with Crippen LogP contribution in [0.4, 0.5) is 0 Å². The van der Waals surface area contributed by atoms with E-state index < -0.39 is 16.0 Å². The summed E-state index contributed by atoms with van der Waals surface area (Å²) in [5.41, 5.74) is 4.14. The van der Waals surface area contributed by atoms with E-state index in [1.165, 1.54) is 17.0 Å². The van der Waals surface area contributed by atoms with E-state index in [2.05, 4.69) is 20.8 Å². The predicted octanol–water partition coefficient (Wildman–Crippen LogP) is 2.82. The van der Waals surface area contributed by atoms with Crippen molar-refractivity contribution in [2.45, 2.75) is 44.2 Å². The number of aromatic nitrogens is 2. The first kappa shape index (κ1) is 18.8. The number of benzene rings is 1. The summed E-state index contributed by atoms with van der Waals surface area (Å²) >= 11 is 0. The van der Waals surface area contributed by atoms with E-state index in [0.717, 1.165) is 24.1 Å². The standard InChI is InChI=1S/C20H23N3O4S/c1-3-27-20(24)16-11-19(21-12(16)2)28(25,26)23-13-8-9-15-14-6-4-5-7-17(14)22-18(15)10-13/h4-7,11,13,21-23H,3,8-10H2,1-2H3/t13-/m1/s1. The van der Waals surface area contributed by atoms with E-state index in [0.29, 0.717) is 12.1 Å². The van der Waals surface area contributed by atoms with Gasteiger partial charge in [-0.1, -0.05) is 18.2 Å². The molecular weight excluding hydrogens is 378 g/mol. The monoisotopic (exact) mass is 401 g/mol. The second-order valence-electron chi connectivity index (χ2n) is 7.08. The van der Waals surface area contributed by atoms with Gasteiger partial charge in [0, 0.05) is 34.8 Å². The van der Waals surface area contributed by atoms with Crippen LogP contribution in [0, 0.1) is 6.92 Å². The van der Waals surface area contributed by atoms with Crippen molar-refractivity contribution in [3.63, 3.8) is 0 Å². The fourth-order valence-electron chi connectivity index (χ4n) is 3.86. The van der Waals surface area contributed by atoms with Crippen LogP contribution in [0.25, 0.3) is 10.9 Å². The van der Waals surface area contributed by atoms with Crippen LogP contribution in [-0.4, -0.2) is 37.0 Å². The van der Waals surface area contributed by atoms with Crippen LogP contribution in [0.15, 0.2) is 35.4 Å². The fraction of sp³-hybridized carbons (Fsp3) is 0.350. The first-order valence-corrected chi connectivity index (χ1v) is 10.8. The number of carbonyl (C=O) groups is 1. The number of hydrogen-bond donors (Lipinski definition) is 3. The third-order valence-corrected chi connectivity index (χ3v) is 6.63. The zero-order chi connectivity index (χ0) is 19.9. The molecule has 0 unspecified atom stereocenters. The molecule has 2 heterocycles. The van der Waals surface area contributed by atoms with Gasteiger partial charge in [0.15, 0.2) is 0 Å². The van der Waals surface area contributed by atoms with Crippen LogP contribution >= 0.6 is 0 Å². The zero-order valence-corrected chi connectivity index (χ0v) is 16.7. The van der Waals surface area contributed by atoms with Gasteiger partial charge in [-0.25, -0.2) is 17.9 Å². The summed E-state index contributed by atoms with van der Waals surface area (Å²) in [5.74, 6) is -0.530. The Kier molecular flexibility index (Phi) is 4.76. The molecule has 3 N–H and O–H groups in total. The van der Waals surface area contributed by atoms with E-state index in [9.17, 15) is 13.2 Å². The lowest BCUT2D eigenvalue weighted by Crippen LogP contribution is -2.38. The molecule has 1 aliphatic rings. The van der Waals surface area contributed by atoms with Gasteiger partial charge in [-0.05, 0) is 44.4 Å². The molecule has 3 aromatic rings. The molecule has 0 saturated carbocycles. The minimum absolute atomic E-state index is 0.0181. The van der Waals surface area contributed by atoms with Crippen LogP contribution in [-0.2, 0) is 27.6 Å². The number of ether oxygens (including phenoxy) is 1. The Balaban J connectivity index is 1.54. The molecule has 0 radical (unpaired) electrons. The molecule has 1 atom stereocenters. The third kappa shape index (κ3) is 3.33. The van der Waals surface area contributed by atoms with Gasteiger partial charge >= 0.3 is 5.97 Å². The number of aromatic amines is 2. The largest absolute Gasteiger partial charge is 0.462 e. The maximum atomic E-state index is 12.8. The van der Waals surface area contributed by atoms with Crippen molar-refractivity contribution in [3.05, 3.63) is 52.8 Å². The highest BCUT2D eigenvalue weighted by Crippen LogP contribution is 2.29. The zero-order valence-electron chi connectivity index (χ0n) is 15.8. The van der Waals surface area contributed by atoms with Gasteiger partial charge in [0.1, 0.15) is 5.03 Å². The first-order valence-electron chi connectivity index (χ1n) is 9.36. The summed E-state index contributed by atoms with van der Waals surface area (Å²) in [7, 11) is -3.77. The van der Waals surface area contributed by atoms with Crippen molar-refractivity contribution < 1.29 is 17.9 Å². The maximum Gasteiger partial charge on any atom is 0.339 e. The van der Waals surface area contributed by atoms with Gasteiger partial charge in [-0.3, -0.25) is 0 Å². The highest BCUT2D eigenvalue weighted by molar-refractivity contribution is 7.89. The minimum Gasteiger partial charge on any atom is -0.462 e. The second-order valence-corrected chi connectivity index (χ2v) is 8.76. The average molecular weight is 401 g/mol. The Morgan fingerprint density at radius 3 is 2.86 bits per heavy atom. The van der Waals surface area contributed by atoms with Crippen LogP contribution in [0.1, 0.15) is 40.7 Å². The molecule has 4 rings (SSSR count). The lowest BCUT2D eigenvalue weighted by atomic mass is 9.92. The number of carbonyl (C=O) groups excluding carboxylic acids is 1. The number of H-pyrrole nitrogens is 2. The number of hydrogen-bond acceptors (Lipinski definition) is 4. The number of aryl methyl sites for hydroxylation is 2. The summed E-state index contributed by atoms with van der Waals surface area (Å²) in [5, 5.41) is 1.19. The number of rotatable bonds is 5. The van der Waals surface area contributed by atoms with Crippen molar-refractivity contribution in [2.75, 3.05) is 6.61 Å². The van der Waals surface area contributed by atoms with E-state index >= 15 is 0 Å². The number of nitrogens with one attached hydrogen (secondary N) is 3. The molecule has 0 saturated heterocycles. The predicted molar refractivity (Wildman–Crippen MR) is 106 cm³/mol. The minimum atomic E-state index is -3.77. The van der Waals surface area contributed by atoms with Gasteiger partial charge in [-0.15, -0.1) is 0 Å². The first-order chi connectivity index (χ1) is 13.4. The van der Waals surface area contributed by atoms with E-state index in [1.54, 1.807) is 13.8 Å². The van der Waals surface area contributed by atoms with Crippen molar-refractivity contribution in [2.24, 2.45) is 0 Å². The Labute approximate surface area is 163 Å². The molecule has 0 bridgehead atoms. The van der Waals surface area contributed by atoms with Crippen LogP contribution < -0.4 is 4.72 Å². The van der Waals surface area contributed by atoms with E-state index in [-0.39, 0.29) is 23.2 Å². The summed E-state index contributed by atoms with van der Waals surface area (Å²) in [4.78, 5) is 18.2. The lowest BCUT2D eigenvalue weighted by molar-refractivity contribution is 0.0525. The smallest absolute Gasteiger partial charge is 0.339 e. The van der Waals surface area contributed by atoms with Crippen LogP contribution in [0.3, 0.4) is 0 Å². The molecule has 2 aromatic heterocycles. The van der Waals surface area contributed by atoms with Crippen molar-refractivity contribution in [1.82, 2.24) is 14.7 Å². The Morgan fingerprint density at radius 1 is 1.29 bits per heavy atom. The van der Waals surface area contributed by atoms with Gasteiger partial charge < -0.3 is 14.7 Å². The molecule has 0 spiro atoms. The maximum absolute atomic E-state index is 12.8. The lowest BCUT2D eigenvalue weighted by Gasteiger charge is -2.23. The van der Waals surface area contributed by atoms with Gasteiger partial charge in [0.05, 0.1) is 12.2 Å². The summed E-state index contributed by atoms with van der Waals surface area (Å²) in [6.07, 6.45) is 2.14. The fourth-order valence-corrected chi connectivity index (χ4v) is 5.19. The molecule has 7 nitrogen and oxygen atoms in total. The number of para-hydroxylation sites is 1. The normalized spacial score (nSPS) is 16.9. The quantitative estimate of drug-likeness (QED) is 0.572. The Hall–Kier alpha value is -2.58. The van der Waals surface area contributed by atoms with Crippen LogP contribution in [0.2, 0.25) is 0 Å². The molecule has 8 heteroatoms. The van der Waals surface area contributed by atoms with Crippen LogP contribution in [0.5, 0.6) is 0 Å². The number of fused-ring (bicyclic) bond motifs is 3. The SMILES string of the molecule is CCOC(=O)c1cc(S(=O)(=O)N[C@@H]2CCc3c([nH]c4ccccc34)C2)[nH]c1C. The molecule has 0 fully saturated rings. The van der Waals surface area contributed by atoms with Gasteiger partial charge in [0.2, 0.25) is 0 Å². The topological polar surface area (TPSA) is 104 Å². The average Bonchev–Trinajstić information content (AvgIpc) is 3.22. The molecule has 1 aromatic carbocycles. The van der Waals surface area contributed by atoms with E-state index in [4.69, 9.17) is 4.74 Å². The third-order valence-electron chi connectivity index (χ3n) is 5.19. The van der Waals surface area contributed by atoms with Gasteiger partial charge in [0.25, 0.3) is 10.0 Å². The van der Waals surface area contributed by atoms with Crippen molar-refractivity contribution in [3.8, 4) is 0 Å². The van der Waals surface area contributed by atoms with Crippen molar-refractivity contribution in [1.29, 1.82) is 0 Å². The Morgan fingerprint density at radius 2 is 2.07 bits per heavy atom. The molecule has 0 amide bonds. The second kappa shape index (κ2) is 7.10. The van der Waals surface area contributed by atoms with Crippen molar-refractivity contribution >= 4 is 26.9 Å². The van der Waals surface area contributed by atoms with E-state index in [1.807, 2.05) is 18.2 Å². The highest BCUT2D eigenvalue weighted by atomic mass is 32.2.